The second-order valence-electron chi connectivity index (χ2n) is 15.3. The summed E-state index contributed by atoms with van der Waals surface area (Å²) in [6, 6.07) is 18.6. The van der Waals surface area contributed by atoms with Crippen LogP contribution >= 0.6 is 0 Å². The van der Waals surface area contributed by atoms with E-state index in [-0.39, 0.29) is 69.7 Å². The van der Waals surface area contributed by atoms with E-state index in [1.807, 2.05) is 0 Å². The average molecular weight is 781 g/mol. The van der Waals surface area contributed by atoms with Crippen LogP contribution in [0.4, 0.5) is 0 Å². The molecule has 0 aromatic heterocycles. The van der Waals surface area contributed by atoms with E-state index in [1.165, 1.54) is 48.5 Å². The number of aliphatic hydroxyl groups excluding tert-OH is 4. The summed E-state index contributed by atoms with van der Waals surface area (Å²) in [6.45, 7) is 6.88. The summed E-state index contributed by atoms with van der Waals surface area (Å²) >= 11 is 0. The Morgan fingerprint density at radius 1 is 0.339 bits per heavy atom. The third-order valence-electron chi connectivity index (χ3n) is 10.5. The van der Waals surface area contributed by atoms with Gasteiger partial charge in [0.25, 0.3) is 0 Å². The standard InChI is InChI=1S/2C22H30O6/c2*1-13(23)3-6-17(9-15-4-7-19(25)21(27)11-15)18(14(2)24)10-16-5-8-20(26)22(28)12-16/h2*4-5,7-8,11-14,17-18,23-28H,3,6,9-10H2,1-2H3/t13-,14-,17+,18-;13-,14-,17-,18+/m11/s1. The van der Waals surface area contributed by atoms with E-state index in [1.54, 1.807) is 52.0 Å². The first-order valence-electron chi connectivity index (χ1n) is 19.1. The zero-order valence-electron chi connectivity index (χ0n) is 32.6. The third-order valence-corrected chi connectivity index (χ3v) is 10.5. The maximum atomic E-state index is 10.4. The molecule has 4 aromatic rings. The molecule has 56 heavy (non-hydrogen) atoms. The van der Waals surface area contributed by atoms with Crippen molar-refractivity contribution in [3.8, 4) is 46.0 Å². The van der Waals surface area contributed by atoms with Crippen molar-refractivity contribution < 1.29 is 61.3 Å². The molecule has 0 saturated heterocycles. The SMILES string of the molecule is C[C@@H](O)CC[C@@H](Cc1ccc(O)c(O)c1)[C@H](Cc1ccc(O)c(O)c1)[C@@H](C)O.C[C@@H](O)CC[C@H](Cc1ccc(O)c(O)c1)[C@@H](Cc1ccc(O)c(O)c1)[C@@H](C)O. The molecule has 12 N–H and O–H groups in total. The molecule has 0 aliphatic carbocycles. The van der Waals surface area contributed by atoms with Crippen LogP contribution < -0.4 is 0 Å². The number of aromatic hydroxyl groups is 8. The fourth-order valence-corrected chi connectivity index (χ4v) is 7.24. The molecule has 0 heterocycles. The first-order chi connectivity index (χ1) is 26.3. The highest BCUT2D eigenvalue weighted by Gasteiger charge is 2.29. The Morgan fingerprint density at radius 3 is 0.804 bits per heavy atom. The maximum Gasteiger partial charge on any atom is 0.157 e. The van der Waals surface area contributed by atoms with Crippen LogP contribution in [0.1, 0.15) is 75.6 Å². The van der Waals surface area contributed by atoms with E-state index in [4.69, 9.17) is 0 Å². The summed E-state index contributed by atoms with van der Waals surface area (Å²) < 4.78 is 0. The largest absolute Gasteiger partial charge is 0.504 e. The molecular weight excluding hydrogens is 720 g/mol. The number of phenolic OH excluding ortho intramolecular Hbond substituents is 8. The number of aliphatic hydroxyl groups is 4. The highest BCUT2D eigenvalue weighted by Crippen LogP contribution is 2.36. The van der Waals surface area contributed by atoms with Gasteiger partial charge < -0.3 is 61.3 Å². The minimum absolute atomic E-state index is 0.00510. The molecule has 0 radical (unpaired) electrons. The number of benzene rings is 4. The number of hydrogen-bond acceptors (Lipinski definition) is 12. The zero-order valence-corrected chi connectivity index (χ0v) is 32.6. The molecule has 0 saturated carbocycles. The van der Waals surface area contributed by atoms with Gasteiger partial charge in [-0.3, -0.25) is 0 Å². The van der Waals surface area contributed by atoms with Gasteiger partial charge in [0.15, 0.2) is 46.0 Å². The fourth-order valence-electron chi connectivity index (χ4n) is 7.24. The van der Waals surface area contributed by atoms with Gasteiger partial charge in [-0.2, -0.15) is 0 Å². The van der Waals surface area contributed by atoms with E-state index in [0.29, 0.717) is 51.4 Å². The van der Waals surface area contributed by atoms with Gasteiger partial charge in [0.2, 0.25) is 0 Å². The molecule has 8 atom stereocenters. The molecule has 0 amide bonds. The van der Waals surface area contributed by atoms with Crippen LogP contribution in [-0.4, -0.2) is 85.7 Å². The molecule has 0 unspecified atom stereocenters. The minimum atomic E-state index is -0.638. The first kappa shape index (κ1) is 45.5. The Morgan fingerprint density at radius 2 is 0.589 bits per heavy atom. The Bertz CT molecular complexity index is 1670. The maximum absolute atomic E-state index is 10.4. The van der Waals surface area contributed by atoms with Gasteiger partial charge in [0.1, 0.15) is 0 Å². The molecule has 308 valence electrons. The lowest BCUT2D eigenvalue weighted by Gasteiger charge is -2.30. The lowest BCUT2D eigenvalue weighted by atomic mass is 9.77. The second kappa shape index (κ2) is 21.4. The zero-order chi connectivity index (χ0) is 41.7. The van der Waals surface area contributed by atoms with Crippen molar-refractivity contribution >= 4 is 0 Å². The van der Waals surface area contributed by atoms with Crippen LogP contribution in [0.5, 0.6) is 46.0 Å². The van der Waals surface area contributed by atoms with Crippen molar-refractivity contribution in [3.63, 3.8) is 0 Å². The molecule has 0 aliphatic rings. The fraction of sp³-hybridized carbons (Fsp3) is 0.455. The lowest BCUT2D eigenvalue weighted by Crippen LogP contribution is -2.30. The quantitative estimate of drug-likeness (QED) is 0.0510. The van der Waals surface area contributed by atoms with Crippen LogP contribution in [0.2, 0.25) is 0 Å². The predicted molar refractivity (Wildman–Crippen MR) is 213 cm³/mol. The van der Waals surface area contributed by atoms with Gasteiger partial charge in [-0.05, 0) is 174 Å². The Balaban J connectivity index is 0.000000300. The molecule has 0 bridgehead atoms. The highest BCUT2D eigenvalue weighted by molar-refractivity contribution is 5.43. The molecule has 12 heteroatoms. The second-order valence-corrected chi connectivity index (χ2v) is 15.3. The molecule has 4 aromatic carbocycles. The van der Waals surface area contributed by atoms with Crippen molar-refractivity contribution in [3.05, 3.63) is 95.1 Å². The molecule has 0 fully saturated rings. The van der Waals surface area contributed by atoms with Crippen molar-refractivity contribution in [2.24, 2.45) is 23.7 Å². The number of phenols is 8. The van der Waals surface area contributed by atoms with Gasteiger partial charge in [0, 0.05) is 0 Å². The van der Waals surface area contributed by atoms with Gasteiger partial charge in [-0.15, -0.1) is 0 Å². The van der Waals surface area contributed by atoms with E-state index in [2.05, 4.69) is 0 Å². The first-order valence-corrected chi connectivity index (χ1v) is 19.1. The molecule has 4 rings (SSSR count). The molecule has 12 nitrogen and oxygen atoms in total. The molecule has 0 aliphatic heterocycles. The summed E-state index contributed by atoms with van der Waals surface area (Å²) in [4.78, 5) is 0. The lowest BCUT2D eigenvalue weighted by molar-refractivity contribution is 0.0750. The predicted octanol–water partition coefficient (Wildman–Crippen LogP) is 6.14. The highest BCUT2D eigenvalue weighted by atomic mass is 16.3. The Kier molecular flexibility index (Phi) is 17.4. The summed E-state index contributed by atoms with van der Waals surface area (Å²) in [6.07, 6.45) is 2.34. The number of rotatable bonds is 18. The third kappa shape index (κ3) is 14.3. The number of hydrogen-bond donors (Lipinski definition) is 12. The average Bonchev–Trinajstić information content (AvgIpc) is 3.12. The van der Waals surface area contributed by atoms with Gasteiger partial charge in [-0.25, -0.2) is 0 Å². The topological polar surface area (TPSA) is 243 Å². The van der Waals surface area contributed by atoms with Gasteiger partial charge in [0.05, 0.1) is 24.4 Å². The van der Waals surface area contributed by atoms with E-state index >= 15 is 0 Å². The van der Waals surface area contributed by atoms with Crippen LogP contribution in [-0.2, 0) is 25.7 Å². The monoisotopic (exact) mass is 780 g/mol. The van der Waals surface area contributed by atoms with Crippen molar-refractivity contribution in [1.82, 2.24) is 0 Å². The summed E-state index contributed by atoms with van der Waals surface area (Å²) in [5.41, 5.74) is 3.23. The minimum Gasteiger partial charge on any atom is -0.504 e. The Hall–Kier alpha value is -4.88. The summed E-state index contributed by atoms with van der Waals surface area (Å²) in [7, 11) is 0. The van der Waals surface area contributed by atoms with Gasteiger partial charge >= 0.3 is 0 Å². The molecule has 0 spiro atoms. The Labute approximate surface area is 328 Å². The van der Waals surface area contributed by atoms with Crippen LogP contribution in [0.3, 0.4) is 0 Å². The summed E-state index contributed by atoms with van der Waals surface area (Å²) in [5, 5.41) is 118. The van der Waals surface area contributed by atoms with Gasteiger partial charge in [-0.1, -0.05) is 24.3 Å². The van der Waals surface area contributed by atoms with Crippen LogP contribution in [0.15, 0.2) is 72.8 Å². The summed E-state index contributed by atoms with van der Waals surface area (Å²) in [5.74, 6) is -1.89. The van der Waals surface area contributed by atoms with E-state index < -0.39 is 24.4 Å². The van der Waals surface area contributed by atoms with Crippen molar-refractivity contribution in [2.75, 3.05) is 0 Å². The van der Waals surface area contributed by atoms with Crippen molar-refractivity contribution in [1.29, 1.82) is 0 Å². The van der Waals surface area contributed by atoms with Crippen LogP contribution in [0, 0.1) is 23.7 Å². The van der Waals surface area contributed by atoms with E-state index in [0.717, 1.165) is 22.3 Å². The van der Waals surface area contributed by atoms with Crippen molar-refractivity contribution in [2.45, 2.75) is 103 Å². The van der Waals surface area contributed by atoms with Crippen LogP contribution in [0.25, 0.3) is 0 Å². The van der Waals surface area contributed by atoms with E-state index in [9.17, 15) is 61.3 Å². The molecular formula is C44H60O12. The smallest absolute Gasteiger partial charge is 0.157 e. The normalized spacial score (nSPS) is 15.7.